The lowest BCUT2D eigenvalue weighted by Crippen LogP contribution is -2.52. The van der Waals surface area contributed by atoms with Crippen molar-refractivity contribution in [2.45, 2.75) is 37.5 Å². The first-order chi connectivity index (χ1) is 20.8. The number of hydrogen-bond donors (Lipinski definition) is 1. The van der Waals surface area contributed by atoms with E-state index in [-0.39, 0.29) is 18.4 Å². The number of anilines is 4. The fourth-order valence-corrected chi connectivity index (χ4v) is 6.16. The zero-order chi connectivity index (χ0) is 30.0. The summed E-state index contributed by atoms with van der Waals surface area (Å²) in [6.07, 6.45) is 2.06. The van der Waals surface area contributed by atoms with E-state index >= 15 is 0 Å². The van der Waals surface area contributed by atoms with Gasteiger partial charge in [0.15, 0.2) is 5.82 Å². The van der Waals surface area contributed by atoms with Crippen molar-refractivity contribution in [3.05, 3.63) is 60.0 Å². The Balaban J connectivity index is 1.19. The van der Waals surface area contributed by atoms with Gasteiger partial charge >= 0.3 is 6.18 Å². The van der Waals surface area contributed by atoms with E-state index in [2.05, 4.69) is 42.0 Å². The summed E-state index contributed by atoms with van der Waals surface area (Å²) in [7, 11) is 3.80. The van der Waals surface area contributed by atoms with Crippen LogP contribution in [0.1, 0.15) is 36.4 Å². The van der Waals surface area contributed by atoms with Gasteiger partial charge in [-0.2, -0.15) is 18.2 Å². The summed E-state index contributed by atoms with van der Waals surface area (Å²) in [4.78, 5) is 25.4. The molecule has 0 bridgehead atoms. The van der Waals surface area contributed by atoms with E-state index in [4.69, 9.17) is 9.57 Å². The average molecular weight is 599 g/mol. The van der Waals surface area contributed by atoms with Crippen LogP contribution in [0.15, 0.2) is 48.9 Å². The Hall–Kier alpha value is -3.68. The second kappa shape index (κ2) is 12.5. The van der Waals surface area contributed by atoms with Crippen molar-refractivity contribution >= 4 is 23.1 Å². The Morgan fingerprint density at radius 2 is 1.79 bits per heavy atom. The molecule has 0 amide bonds. The van der Waals surface area contributed by atoms with Gasteiger partial charge in [-0.1, -0.05) is 6.07 Å². The second-order valence-electron chi connectivity index (χ2n) is 11.2. The van der Waals surface area contributed by atoms with Crippen molar-refractivity contribution in [3.8, 4) is 5.75 Å². The lowest BCUT2D eigenvalue weighted by Gasteiger charge is -2.42. The molecule has 3 aromatic rings. The maximum atomic E-state index is 14.0. The smallest absolute Gasteiger partial charge is 0.421 e. The first kappa shape index (κ1) is 29.4. The third kappa shape index (κ3) is 6.48. The number of piperazine rings is 1. The number of methoxy groups -OCH3 is 1. The fourth-order valence-electron chi connectivity index (χ4n) is 6.16. The number of alkyl halides is 3. The van der Waals surface area contributed by atoms with E-state index in [0.29, 0.717) is 23.9 Å². The summed E-state index contributed by atoms with van der Waals surface area (Å²) in [6, 6.07) is 9.37. The Morgan fingerprint density at radius 3 is 2.49 bits per heavy atom. The van der Waals surface area contributed by atoms with Gasteiger partial charge in [0, 0.05) is 82.1 Å². The summed E-state index contributed by atoms with van der Waals surface area (Å²) in [5.74, 6) is 0.351. The van der Waals surface area contributed by atoms with Crippen LogP contribution >= 0.6 is 0 Å². The van der Waals surface area contributed by atoms with E-state index in [0.717, 1.165) is 69.6 Å². The summed E-state index contributed by atoms with van der Waals surface area (Å²) in [5.41, 5.74) is 1.37. The molecule has 3 aliphatic rings. The van der Waals surface area contributed by atoms with E-state index in [1.165, 1.54) is 5.06 Å². The Labute approximate surface area is 249 Å². The first-order valence-corrected chi connectivity index (χ1v) is 14.7. The number of halogens is 3. The molecule has 13 heteroatoms. The Kier molecular flexibility index (Phi) is 8.55. The monoisotopic (exact) mass is 598 g/mol. The molecular weight excluding hydrogens is 561 g/mol. The number of rotatable bonds is 7. The van der Waals surface area contributed by atoms with Crippen LogP contribution in [-0.2, 0) is 11.0 Å². The number of aromatic nitrogens is 3. The number of pyridine rings is 1. The molecule has 0 saturated carbocycles. The van der Waals surface area contributed by atoms with E-state index in [1.807, 2.05) is 24.3 Å². The number of nitrogens with zero attached hydrogens (tertiary/aromatic N) is 7. The third-order valence-electron chi connectivity index (χ3n) is 8.55. The molecule has 1 N–H and O–H groups in total. The van der Waals surface area contributed by atoms with Crippen molar-refractivity contribution in [2.75, 3.05) is 75.3 Å². The van der Waals surface area contributed by atoms with E-state index in [9.17, 15) is 13.2 Å². The minimum absolute atomic E-state index is 0.0197. The molecule has 5 heterocycles. The zero-order valence-electron chi connectivity index (χ0n) is 24.4. The Bertz CT molecular complexity index is 1380. The molecule has 1 aromatic carbocycles. The number of hydroxylamine groups is 1. The molecule has 2 aromatic heterocycles. The molecule has 43 heavy (non-hydrogen) atoms. The van der Waals surface area contributed by atoms with Crippen LogP contribution in [0.3, 0.4) is 0 Å². The number of nitrogens with one attached hydrogen (secondary N) is 1. The average Bonchev–Trinajstić information content (AvgIpc) is 3.52. The van der Waals surface area contributed by atoms with Gasteiger partial charge in [-0.15, -0.1) is 0 Å². The summed E-state index contributed by atoms with van der Waals surface area (Å²) in [5, 5.41) is 4.29. The van der Waals surface area contributed by atoms with Crippen molar-refractivity contribution in [3.63, 3.8) is 0 Å². The quantitative estimate of drug-likeness (QED) is 0.412. The highest BCUT2D eigenvalue weighted by molar-refractivity contribution is 5.68. The zero-order valence-corrected chi connectivity index (χ0v) is 24.4. The number of piperidine rings is 1. The van der Waals surface area contributed by atoms with E-state index < -0.39 is 17.8 Å². The Morgan fingerprint density at radius 1 is 1.00 bits per heavy atom. The van der Waals surface area contributed by atoms with Gasteiger partial charge in [0.1, 0.15) is 11.3 Å². The lowest BCUT2D eigenvalue weighted by atomic mass is 10.0. The first-order valence-electron chi connectivity index (χ1n) is 14.7. The molecule has 1 atom stereocenters. The van der Waals surface area contributed by atoms with Gasteiger partial charge in [0.05, 0.1) is 25.4 Å². The molecule has 0 radical (unpaired) electrons. The van der Waals surface area contributed by atoms with Crippen LogP contribution in [0.4, 0.5) is 36.3 Å². The maximum Gasteiger partial charge on any atom is 0.421 e. The number of likely N-dealkylation sites (N-methyl/N-ethyl adjacent to an activating group) is 1. The third-order valence-corrected chi connectivity index (χ3v) is 8.55. The van der Waals surface area contributed by atoms with Crippen LogP contribution in [0.25, 0.3) is 0 Å². The number of benzene rings is 1. The van der Waals surface area contributed by atoms with Crippen LogP contribution in [0.5, 0.6) is 5.75 Å². The minimum atomic E-state index is -4.66. The molecule has 0 spiro atoms. The van der Waals surface area contributed by atoms with E-state index in [1.54, 1.807) is 25.6 Å². The highest BCUT2D eigenvalue weighted by atomic mass is 19.4. The van der Waals surface area contributed by atoms with Crippen molar-refractivity contribution in [2.24, 2.45) is 0 Å². The number of hydrogen-bond acceptors (Lipinski definition) is 10. The van der Waals surface area contributed by atoms with Crippen molar-refractivity contribution < 1.29 is 22.7 Å². The van der Waals surface area contributed by atoms with Crippen LogP contribution < -0.4 is 20.0 Å². The maximum absolute atomic E-state index is 14.0. The van der Waals surface area contributed by atoms with Crippen LogP contribution in [0.2, 0.25) is 0 Å². The molecule has 3 aliphatic heterocycles. The molecule has 0 aliphatic carbocycles. The predicted molar refractivity (Wildman–Crippen MR) is 158 cm³/mol. The van der Waals surface area contributed by atoms with Gasteiger partial charge < -0.3 is 19.9 Å². The highest BCUT2D eigenvalue weighted by Crippen LogP contribution is 2.42. The predicted octanol–water partition coefficient (Wildman–Crippen LogP) is 4.74. The molecule has 3 fully saturated rings. The standard InChI is InChI=1S/C30H37F3N8O2/c1-38-13-15-39(16-14-38)23-7-11-40(12-8-23)26-6-5-22(18-27(26)42-2)36-29-35-20-24(30(31,32)33)28(37-29)41-25(9-17-43-41)21-4-3-10-34-19-21/h3-6,10,18-20,23,25H,7-9,11-17H2,1-2H3,(H,35,36,37). The SMILES string of the molecule is COc1cc(Nc2ncc(C(F)(F)F)c(N3OCCC3c3cccnc3)n2)ccc1N1CCC(N2CCN(C)CC2)CC1. The fraction of sp³-hybridized carbons (Fsp3) is 0.500. The van der Waals surface area contributed by atoms with Gasteiger partial charge in [-0.3, -0.25) is 14.7 Å². The molecular formula is C30H37F3N8O2. The second-order valence-corrected chi connectivity index (χ2v) is 11.2. The van der Waals surface area contributed by atoms with Crippen molar-refractivity contribution in [1.29, 1.82) is 0 Å². The van der Waals surface area contributed by atoms with Gasteiger partial charge in [0.2, 0.25) is 5.95 Å². The van der Waals surface area contributed by atoms with Gasteiger partial charge in [0.25, 0.3) is 0 Å². The topological polar surface area (TPSA) is 82.1 Å². The van der Waals surface area contributed by atoms with Gasteiger partial charge in [-0.05, 0) is 43.7 Å². The highest BCUT2D eigenvalue weighted by Gasteiger charge is 2.41. The summed E-state index contributed by atoms with van der Waals surface area (Å²) < 4.78 is 47.8. The molecule has 230 valence electrons. The largest absolute Gasteiger partial charge is 0.495 e. The number of ether oxygens (including phenoxy) is 1. The van der Waals surface area contributed by atoms with Crippen LogP contribution in [-0.4, -0.2) is 90.8 Å². The lowest BCUT2D eigenvalue weighted by molar-refractivity contribution is -0.138. The summed E-state index contributed by atoms with van der Waals surface area (Å²) >= 11 is 0. The van der Waals surface area contributed by atoms with Gasteiger partial charge in [-0.25, -0.2) is 10.0 Å². The van der Waals surface area contributed by atoms with Crippen LogP contribution in [0, 0.1) is 0 Å². The van der Waals surface area contributed by atoms with Crippen molar-refractivity contribution in [1.82, 2.24) is 24.8 Å². The minimum Gasteiger partial charge on any atom is -0.495 e. The summed E-state index contributed by atoms with van der Waals surface area (Å²) in [6.45, 7) is 6.58. The molecule has 10 nitrogen and oxygen atoms in total. The molecule has 1 unspecified atom stereocenters. The molecule has 6 rings (SSSR count). The normalized spacial score (nSPS) is 20.9. The molecule has 3 saturated heterocycles.